The maximum Gasteiger partial charge on any atom is 0.214 e. The van der Waals surface area contributed by atoms with Gasteiger partial charge in [0.15, 0.2) is 11.7 Å². The number of halogens is 1. The van der Waals surface area contributed by atoms with Crippen molar-refractivity contribution in [3.05, 3.63) is 41.9 Å². The van der Waals surface area contributed by atoms with Crippen LogP contribution in [0.2, 0.25) is 0 Å². The minimum Gasteiger partial charge on any atom is -0.439 e. The van der Waals surface area contributed by atoms with Gasteiger partial charge >= 0.3 is 0 Å². The molecule has 0 fully saturated rings. The van der Waals surface area contributed by atoms with Crippen molar-refractivity contribution in [3.63, 3.8) is 0 Å². The Hall–Kier alpha value is -1.61. The predicted octanol–water partition coefficient (Wildman–Crippen LogP) is 2.97. The maximum absolute atomic E-state index is 5.78. The van der Waals surface area contributed by atoms with E-state index in [1.807, 2.05) is 19.1 Å². The maximum atomic E-state index is 5.78. The fourth-order valence-corrected chi connectivity index (χ4v) is 2.12. The summed E-state index contributed by atoms with van der Waals surface area (Å²) in [6.07, 6.45) is 1.74. The molecule has 1 atom stereocenters. The molecule has 0 saturated heterocycles. The number of nitrogens with zero attached hydrogens (tertiary/aromatic N) is 2. The number of aromatic nitrogens is 1. The zero-order valence-corrected chi connectivity index (χ0v) is 16.8. The van der Waals surface area contributed by atoms with E-state index < -0.39 is 0 Å². The molecule has 2 N–H and O–H groups in total. The molecule has 0 aliphatic rings. The lowest BCUT2D eigenvalue weighted by atomic mass is 10.1. The number of aliphatic imine (C=N–C) groups is 1. The van der Waals surface area contributed by atoms with Gasteiger partial charge in [-0.1, -0.05) is 29.8 Å². The number of guanidine groups is 1. The van der Waals surface area contributed by atoms with Crippen LogP contribution < -0.4 is 10.6 Å². The normalized spacial score (nSPS) is 12.4. The van der Waals surface area contributed by atoms with Gasteiger partial charge in [-0.2, -0.15) is 0 Å². The third-order valence-electron chi connectivity index (χ3n) is 3.32. The second-order valence-corrected chi connectivity index (χ2v) is 5.41. The zero-order chi connectivity index (χ0) is 16.7. The molecule has 0 saturated carbocycles. The zero-order valence-electron chi connectivity index (χ0n) is 14.5. The Labute approximate surface area is 160 Å². The van der Waals surface area contributed by atoms with E-state index in [-0.39, 0.29) is 30.0 Å². The molecule has 0 spiro atoms. The first-order valence-corrected chi connectivity index (χ1v) is 7.60. The van der Waals surface area contributed by atoms with Gasteiger partial charge in [-0.05, 0) is 13.8 Å². The van der Waals surface area contributed by atoms with Gasteiger partial charge < -0.3 is 19.8 Å². The van der Waals surface area contributed by atoms with E-state index in [1.165, 1.54) is 5.56 Å². The molecule has 2 rings (SSSR count). The quantitative estimate of drug-likeness (QED) is 0.407. The van der Waals surface area contributed by atoms with Crippen molar-refractivity contribution in [2.24, 2.45) is 4.99 Å². The average molecular weight is 444 g/mol. The Balaban J connectivity index is 0.00000288. The van der Waals surface area contributed by atoms with Gasteiger partial charge in [0.1, 0.15) is 0 Å². The van der Waals surface area contributed by atoms with Crippen LogP contribution >= 0.6 is 24.0 Å². The van der Waals surface area contributed by atoms with E-state index in [4.69, 9.17) is 9.15 Å². The Morgan fingerprint density at radius 1 is 1.33 bits per heavy atom. The summed E-state index contributed by atoms with van der Waals surface area (Å²) in [6, 6.07) is 8.33. The predicted molar refractivity (Wildman–Crippen MR) is 107 cm³/mol. The Morgan fingerprint density at radius 2 is 2.04 bits per heavy atom. The van der Waals surface area contributed by atoms with Crippen LogP contribution in [0.3, 0.4) is 0 Å². The third-order valence-corrected chi connectivity index (χ3v) is 3.32. The monoisotopic (exact) mass is 444 g/mol. The molecule has 0 aliphatic carbocycles. The molecule has 0 bridgehead atoms. The highest BCUT2D eigenvalue weighted by Gasteiger charge is 2.08. The van der Waals surface area contributed by atoms with E-state index in [9.17, 15) is 0 Å². The summed E-state index contributed by atoms with van der Waals surface area (Å²) in [5.41, 5.74) is 2.24. The molecule has 6 nitrogen and oxygen atoms in total. The van der Waals surface area contributed by atoms with Crippen LogP contribution in [0.25, 0.3) is 11.3 Å². The SMILES string of the molecule is CN=C(NCc1ncc(-c2ccc(C)cc2)o1)NC(C)COC.I. The van der Waals surface area contributed by atoms with Crippen LogP contribution in [0, 0.1) is 6.92 Å². The fraction of sp³-hybridized carbons (Fsp3) is 0.412. The standard InChI is InChI=1S/C17H24N4O2.HI/c1-12-5-7-14(8-6-12)15-9-19-16(23-15)10-20-17(18-3)21-13(2)11-22-4;/h5-9,13H,10-11H2,1-4H3,(H2,18,20,21);1H. The average Bonchev–Trinajstić information content (AvgIpc) is 3.01. The number of benzene rings is 1. The van der Waals surface area contributed by atoms with Gasteiger partial charge in [0.2, 0.25) is 5.89 Å². The lowest BCUT2D eigenvalue weighted by Crippen LogP contribution is -2.43. The van der Waals surface area contributed by atoms with Crippen molar-refractivity contribution in [1.82, 2.24) is 15.6 Å². The highest BCUT2D eigenvalue weighted by Crippen LogP contribution is 2.20. The summed E-state index contributed by atoms with van der Waals surface area (Å²) in [7, 11) is 3.40. The van der Waals surface area contributed by atoms with E-state index in [0.717, 1.165) is 11.3 Å². The van der Waals surface area contributed by atoms with Crippen LogP contribution in [0.4, 0.5) is 0 Å². The lowest BCUT2D eigenvalue weighted by Gasteiger charge is -2.16. The Bertz CT molecular complexity index is 640. The van der Waals surface area contributed by atoms with Crippen LogP contribution in [-0.2, 0) is 11.3 Å². The molecule has 7 heteroatoms. The van der Waals surface area contributed by atoms with Gasteiger partial charge in [-0.3, -0.25) is 4.99 Å². The van der Waals surface area contributed by atoms with Crippen molar-refractivity contribution in [1.29, 1.82) is 0 Å². The number of aryl methyl sites for hydroxylation is 1. The number of rotatable bonds is 6. The van der Waals surface area contributed by atoms with E-state index in [1.54, 1.807) is 20.4 Å². The van der Waals surface area contributed by atoms with E-state index >= 15 is 0 Å². The topological polar surface area (TPSA) is 71.7 Å². The van der Waals surface area contributed by atoms with Crippen LogP contribution in [-0.4, -0.2) is 37.7 Å². The van der Waals surface area contributed by atoms with Crippen molar-refractivity contribution in [2.75, 3.05) is 20.8 Å². The molecule has 0 aliphatic heterocycles. The van der Waals surface area contributed by atoms with Crippen molar-refractivity contribution in [2.45, 2.75) is 26.4 Å². The first-order valence-electron chi connectivity index (χ1n) is 7.60. The molecule has 1 aromatic carbocycles. The third kappa shape index (κ3) is 6.12. The van der Waals surface area contributed by atoms with E-state index in [2.05, 4.69) is 39.7 Å². The second-order valence-electron chi connectivity index (χ2n) is 5.41. The fourth-order valence-electron chi connectivity index (χ4n) is 2.12. The first kappa shape index (κ1) is 20.4. The van der Waals surface area contributed by atoms with Crippen LogP contribution in [0.15, 0.2) is 39.9 Å². The first-order chi connectivity index (χ1) is 11.1. The summed E-state index contributed by atoms with van der Waals surface area (Å²) < 4.78 is 10.9. The number of methoxy groups -OCH3 is 1. The van der Waals surface area contributed by atoms with Crippen LogP contribution in [0.5, 0.6) is 0 Å². The number of oxazole rings is 1. The highest BCUT2D eigenvalue weighted by atomic mass is 127. The summed E-state index contributed by atoms with van der Waals surface area (Å²) in [5, 5.41) is 6.40. The highest BCUT2D eigenvalue weighted by molar-refractivity contribution is 14.0. The Kier molecular flexibility index (Phi) is 8.77. The second kappa shape index (κ2) is 10.3. The van der Waals surface area contributed by atoms with Gasteiger partial charge in [-0.15, -0.1) is 24.0 Å². The molecule has 24 heavy (non-hydrogen) atoms. The molecule has 0 radical (unpaired) electrons. The van der Waals surface area contributed by atoms with Gasteiger partial charge in [0, 0.05) is 25.8 Å². The van der Waals surface area contributed by atoms with Gasteiger partial charge in [0.05, 0.1) is 19.3 Å². The molecule has 1 unspecified atom stereocenters. The van der Waals surface area contributed by atoms with Crippen molar-refractivity contribution >= 4 is 29.9 Å². The lowest BCUT2D eigenvalue weighted by molar-refractivity contribution is 0.179. The molecule has 2 aromatic rings. The Morgan fingerprint density at radius 3 is 2.67 bits per heavy atom. The number of hydrogen-bond donors (Lipinski definition) is 2. The largest absolute Gasteiger partial charge is 0.439 e. The van der Waals surface area contributed by atoms with E-state index in [0.29, 0.717) is 25.0 Å². The molecule has 132 valence electrons. The van der Waals surface area contributed by atoms with Gasteiger partial charge in [0.25, 0.3) is 0 Å². The molecule has 1 heterocycles. The molecular weight excluding hydrogens is 419 g/mol. The molecule has 1 aromatic heterocycles. The van der Waals surface area contributed by atoms with Crippen molar-refractivity contribution in [3.8, 4) is 11.3 Å². The summed E-state index contributed by atoms with van der Waals surface area (Å²) >= 11 is 0. The summed E-state index contributed by atoms with van der Waals surface area (Å²) in [6.45, 7) is 5.15. The number of nitrogens with one attached hydrogen (secondary N) is 2. The van der Waals surface area contributed by atoms with Gasteiger partial charge in [-0.25, -0.2) is 4.98 Å². The summed E-state index contributed by atoms with van der Waals surface area (Å²) in [5.74, 6) is 2.06. The minimum absolute atomic E-state index is 0. The molecule has 0 amide bonds. The smallest absolute Gasteiger partial charge is 0.214 e. The number of ether oxygens (including phenoxy) is 1. The van der Waals surface area contributed by atoms with Crippen LogP contribution in [0.1, 0.15) is 18.4 Å². The minimum atomic E-state index is 0. The summed E-state index contributed by atoms with van der Waals surface area (Å²) in [4.78, 5) is 8.47. The number of hydrogen-bond acceptors (Lipinski definition) is 4. The van der Waals surface area contributed by atoms with Crippen molar-refractivity contribution < 1.29 is 9.15 Å². The molecular formula is C17H25IN4O2.